The van der Waals surface area contributed by atoms with Crippen LogP contribution in [0.3, 0.4) is 0 Å². The highest BCUT2D eigenvalue weighted by atomic mass is 35.5. The summed E-state index contributed by atoms with van der Waals surface area (Å²) in [6, 6.07) is 17.0. The van der Waals surface area contributed by atoms with E-state index in [2.05, 4.69) is 5.32 Å². The zero-order valence-corrected chi connectivity index (χ0v) is 17.7. The summed E-state index contributed by atoms with van der Waals surface area (Å²) < 4.78 is 0. The summed E-state index contributed by atoms with van der Waals surface area (Å²) in [6.07, 6.45) is 2.65. The molecule has 0 aromatic heterocycles. The van der Waals surface area contributed by atoms with Gasteiger partial charge in [-0.15, -0.1) is 0 Å². The fourth-order valence-corrected chi connectivity index (χ4v) is 2.94. The molecule has 4 N–H and O–H groups in total. The molecule has 1 unspecified atom stereocenters. The van der Waals surface area contributed by atoms with Gasteiger partial charge in [-0.2, -0.15) is 0 Å². The number of amides is 1. The van der Waals surface area contributed by atoms with Crippen molar-refractivity contribution in [2.45, 2.75) is 32.7 Å². The maximum atomic E-state index is 12.5. The molecule has 0 heterocycles. The number of aliphatic hydroxyl groups is 1. The van der Waals surface area contributed by atoms with Crippen molar-refractivity contribution in [2.75, 3.05) is 18.5 Å². The molecule has 29 heavy (non-hydrogen) atoms. The van der Waals surface area contributed by atoms with Gasteiger partial charge in [0, 0.05) is 23.7 Å². The Kier molecular flexibility index (Phi) is 10.9. The first-order valence-electron chi connectivity index (χ1n) is 9.55. The molecule has 2 aromatic carbocycles. The lowest BCUT2D eigenvalue weighted by Gasteiger charge is -2.13. The second-order valence-electron chi connectivity index (χ2n) is 7.12. The van der Waals surface area contributed by atoms with Gasteiger partial charge >= 0.3 is 0 Å². The number of nitrogens with one attached hydrogen (secondary N) is 1. The number of quaternary nitrogens is 1. The number of ketones is 1. The number of aliphatic hydroxyl groups excluding tert-OH is 1. The Morgan fingerprint density at radius 3 is 2.48 bits per heavy atom. The Morgan fingerprint density at radius 2 is 1.83 bits per heavy atom. The smallest absolute Gasteiger partial charge is 0.248 e. The van der Waals surface area contributed by atoms with Crippen molar-refractivity contribution in [1.82, 2.24) is 0 Å². The van der Waals surface area contributed by atoms with E-state index in [0.29, 0.717) is 24.2 Å². The molecule has 0 bridgehead atoms. The van der Waals surface area contributed by atoms with Crippen LogP contribution in [0, 0.1) is 0 Å². The number of halogens is 1. The van der Waals surface area contributed by atoms with Crippen LogP contribution in [0.5, 0.6) is 0 Å². The van der Waals surface area contributed by atoms with Gasteiger partial charge < -0.3 is 28.1 Å². The van der Waals surface area contributed by atoms with Gasteiger partial charge in [0.25, 0.3) is 0 Å². The van der Waals surface area contributed by atoms with Crippen molar-refractivity contribution in [3.63, 3.8) is 0 Å². The first kappa shape index (κ1) is 24.6. The maximum absolute atomic E-state index is 12.5. The number of anilines is 1. The largest absolute Gasteiger partial charge is 1.00 e. The van der Waals surface area contributed by atoms with Crippen LogP contribution in [0.15, 0.2) is 66.2 Å². The van der Waals surface area contributed by atoms with Crippen molar-refractivity contribution in [1.29, 1.82) is 0 Å². The highest BCUT2D eigenvalue weighted by Crippen LogP contribution is 2.12. The Bertz CT molecular complexity index is 818. The molecule has 0 spiro atoms. The molecular formula is C23H29ClN2O3. The van der Waals surface area contributed by atoms with Gasteiger partial charge in [0.05, 0.1) is 19.6 Å². The highest BCUT2D eigenvalue weighted by Gasteiger charge is 2.14. The lowest BCUT2D eigenvalue weighted by molar-refractivity contribution is -0.689. The molecule has 156 valence electrons. The number of Topliss-reactive ketones (excluding diaryl/α,β-unsaturated/α-hetero) is 1. The molecule has 0 saturated carbocycles. The van der Waals surface area contributed by atoms with E-state index >= 15 is 0 Å². The summed E-state index contributed by atoms with van der Waals surface area (Å²) in [5, 5.41) is 14.4. The average Bonchev–Trinajstić information content (AvgIpc) is 2.67. The van der Waals surface area contributed by atoms with Gasteiger partial charge in [0.1, 0.15) is 6.04 Å². The van der Waals surface area contributed by atoms with E-state index in [0.717, 1.165) is 12.0 Å². The number of benzene rings is 2. The van der Waals surface area contributed by atoms with E-state index < -0.39 is 0 Å². The van der Waals surface area contributed by atoms with Crippen LogP contribution in [-0.2, 0) is 11.2 Å². The molecule has 1 amide bonds. The summed E-state index contributed by atoms with van der Waals surface area (Å²) in [5.41, 5.74) is 3.26. The predicted octanol–water partition coefficient (Wildman–Crippen LogP) is -0.665. The summed E-state index contributed by atoms with van der Waals surface area (Å²) in [5.74, 6) is -0.185. The first-order chi connectivity index (χ1) is 13.5. The molecule has 2 rings (SSSR count). The van der Waals surface area contributed by atoms with E-state index in [1.807, 2.05) is 49.5 Å². The quantitative estimate of drug-likeness (QED) is 0.355. The van der Waals surface area contributed by atoms with Crippen molar-refractivity contribution in [2.24, 2.45) is 0 Å². The van der Waals surface area contributed by atoms with Gasteiger partial charge in [-0.3, -0.25) is 9.59 Å². The molecule has 0 aliphatic carbocycles. The van der Waals surface area contributed by atoms with Crippen molar-refractivity contribution >= 4 is 17.4 Å². The lowest BCUT2D eigenvalue weighted by Crippen LogP contribution is -3.00. The molecule has 0 saturated heterocycles. The Labute approximate surface area is 178 Å². The van der Waals surface area contributed by atoms with Crippen LogP contribution in [-0.4, -0.2) is 36.0 Å². The molecule has 0 radical (unpaired) electrons. The number of hydrogen-bond acceptors (Lipinski definition) is 3. The predicted molar refractivity (Wildman–Crippen MR) is 111 cm³/mol. The molecule has 2 aromatic rings. The fraction of sp³-hybridized carbons (Fsp3) is 0.304. The number of allylic oxidation sites excluding steroid dienone is 1. The Hall–Kier alpha value is -2.47. The van der Waals surface area contributed by atoms with E-state index in [4.69, 9.17) is 0 Å². The molecule has 0 fully saturated rings. The minimum Gasteiger partial charge on any atom is -1.00 e. The van der Waals surface area contributed by atoms with Gasteiger partial charge in [0.2, 0.25) is 5.91 Å². The topological polar surface area (TPSA) is 83.0 Å². The number of carbonyl (C=O) groups is 2. The second kappa shape index (κ2) is 12.9. The minimum atomic E-state index is -0.204. The number of rotatable bonds is 10. The van der Waals surface area contributed by atoms with Gasteiger partial charge in [0.15, 0.2) is 5.78 Å². The SMILES string of the molecule is CC(C)=CC(=O)Nc1cccc(C(=O)CC[NH2+]C(CO)Cc2ccccc2)c1.[Cl-]. The van der Waals surface area contributed by atoms with E-state index in [9.17, 15) is 14.7 Å². The van der Waals surface area contributed by atoms with Crippen molar-refractivity contribution < 1.29 is 32.4 Å². The molecule has 6 heteroatoms. The van der Waals surface area contributed by atoms with Gasteiger partial charge in [-0.1, -0.05) is 48.0 Å². The second-order valence-corrected chi connectivity index (χ2v) is 7.12. The van der Waals surface area contributed by atoms with Gasteiger partial charge in [-0.05, 0) is 31.5 Å². The average molecular weight is 417 g/mol. The van der Waals surface area contributed by atoms with Gasteiger partial charge in [-0.25, -0.2) is 0 Å². The van der Waals surface area contributed by atoms with Crippen LogP contribution >= 0.6 is 0 Å². The third-order valence-electron chi connectivity index (χ3n) is 4.32. The van der Waals surface area contributed by atoms with E-state index in [1.54, 1.807) is 24.3 Å². The summed E-state index contributed by atoms with van der Waals surface area (Å²) in [7, 11) is 0. The van der Waals surface area contributed by atoms with Crippen LogP contribution in [0.2, 0.25) is 0 Å². The molecule has 5 nitrogen and oxygen atoms in total. The van der Waals surface area contributed by atoms with Crippen LogP contribution in [0.4, 0.5) is 5.69 Å². The van der Waals surface area contributed by atoms with Crippen molar-refractivity contribution in [3.8, 4) is 0 Å². The maximum Gasteiger partial charge on any atom is 0.248 e. The third kappa shape index (κ3) is 9.05. The monoisotopic (exact) mass is 416 g/mol. The highest BCUT2D eigenvalue weighted by molar-refractivity contribution is 6.01. The summed E-state index contributed by atoms with van der Waals surface area (Å²) >= 11 is 0. The molecular weight excluding hydrogens is 388 g/mol. The number of nitrogens with two attached hydrogens (primary N) is 1. The standard InChI is InChI=1S/C23H28N2O3.ClH/c1-17(2)13-23(28)25-20-10-6-9-19(15-20)22(27)11-12-24-21(16-26)14-18-7-4-3-5-8-18;/h3-10,13,15,21,24,26H,11-12,14,16H2,1-2H3,(H,25,28);1H. The zero-order valence-electron chi connectivity index (χ0n) is 16.9. The first-order valence-corrected chi connectivity index (χ1v) is 9.55. The fourth-order valence-electron chi connectivity index (χ4n) is 2.94. The van der Waals surface area contributed by atoms with Crippen LogP contribution in [0.25, 0.3) is 0 Å². The zero-order chi connectivity index (χ0) is 20.4. The third-order valence-corrected chi connectivity index (χ3v) is 4.32. The lowest BCUT2D eigenvalue weighted by atomic mass is 10.1. The number of carbonyl (C=O) groups excluding carboxylic acids is 2. The molecule has 0 aliphatic heterocycles. The summed E-state index contributed by atoms with van der Waals surface area (Å²) in [4.78, 5) is 24.3. The molecule has 0 aliphatic rings. The van der Waals surface area contributed by atoms with Crippen LogP contribution in [0.1, 0.15) is 36.2 Å². The van der Waals surface area contributed by atoms with E-state index in [-0.39, 0.29) is 36.7 Å². The number of hydrogen-bond donors (Lipinski definition) is 3. The van der Waals surface area contributed by atoms with Crippen molar-refractivity contribution in [3.05, 3.63) is 77.4 Å². The van der Waals surface area contributed by atoms with E-state index in [1.165, 1.54) is 11.6 Å². The molecule has 1 atom stereocenters. The minimum absolute atomic E-state index is 0. The normalized spacial score (nSPS) is 11.1. The summed E-state index contributed by atoms with van der Waals surface area (Å²) in [6.45, 7) is 4.38. The van der Waals surface area contributed by atoms with Crippen LogP contribution < -0.4 is 23.0 Å². The Morgan fingerprint density at radius 1 is 1.10 bits per heavy atom. The Balaban J connectivity index is 0.00000420.